The van der Waals surface area contributed by atoms with Crippen LogP contribution in [0.25, 0.3) is 22.2 Å². The molecule has 2 heterocycles. The summed E-state index contributed by atoms with van der Waals surface area (Å²) >= 11 is 0. The molecule has 0 saturated heterocycles. The van der Waals surface area contributed by atoms with Crippen molar-refractivity contribution in [2.24, 2.45) is 5.73 Å². The zero-order valence-electron chi connectivity index (χ0n) is 11.1. The lowest BCUT2D eigenvalue weighted by molar-refractivity contribution is 0.705. The maximum Gasteiger partial charge on any atom is 0.155 e. The third-order valence-corrected chi connectivity index (χ3v) is 4.38. The minimum absolute atomic E-state index is 0.221. The van der Waals surface area contributed by atoms with Crippen LogP contribution in [0.15, 0.2) is 42.7 Å². The Morgan fingerprint density at radius 2 is 2.15 bits per heavy atom. The van der Waals surface area contributed by atoms with E-state index in [1.807, 2.05) is 18.5 Å². The third-order valence-electron chi connectivity index (χ3n) is 4.38. The van der Waals surface area contributed by atoms with Crippen molar-refractivity contribution in [1.29, 1.82) is 0 Å². The number of hydrogen-bond donors (Lipinski definition) is 2. The van der Waals surface area contributed by atoms with Crippen molar-refractivity contribution >= 4 is 11.0 Å². The molecule has 1 aromatic carbocycles. The average molecular weight is 264 g/mol. The Balaban J connectivity index is 1.87. The van der Waals surface area contributed by atoms with Crippen LogP contribution in [0, 0.1) is 0 Å². The van der Waals surface area contributed by atoms with Gasteiger partial charge in [0.2, 0.25) is 0 Å². The van der Waals surface area contributed by atoms with Gasteiger partial charge >= 0.3 is 0 Å². The largest absolute Gasteiger partial charge is 0.330 e. The van der Waals surface area contributed by atoms with Crippen molar-refractivity contribution in [2.75, 3.05) is 6.54 Å². The molecule has 4 rings (SSSR count). The van der Waals surface area contributed by atoms with Crippen molar-refractivity contribution in [3.63, 3.8) is 0 Å². The highest BCUT2D eigenvalue weighted by atomic mass is 15.1. The first-order chi connectivity index (χ1) is 9.82. The van der Waals surface area contributed by atoms with E-state index in [-0.39, 0.29) is 5.41 Å². The van der Waals surface area contributed by atoms with E-state index in [2.05, 4.69) is 39.4 Å². The minimum Gasteiger partial charge on any atom is -0.330 e. The summed E-state index contributed by atoms with van der Waals surface area (Å²) in [6, 6.07) is 10.8. The average Bonchev–Trinajstić information content (AvgIpc) is 3.16. The monoisotopic (exact) mass is 264 g/mol. The number of nitrogens with one attached hydrogen (secondary N) is 1. The van der Waals surface area contributed by atoms with Gasteiger partial charge in [0.15, 0.2) is 5.65 Å². The number of H-pyrrole nitrogens is 1. The smallest absolute Gasteiger partial charge is 0.155 e. The molecule has 0 aliphatic heterocycles. The molecule has 0 spiro atoms. The van der Waals surface area contributed by atoms with Gasteiger partial charge in [-0.05, 0) is 35.6 Å². The molecule has 0 unspecified atom stereocenters. The molecule has 3 N–H and O–H groups in total. The number of nitrogens with two attached hydrogens (primary N) is 1. The molecule has 0 atom stereocenters. The Morgan fingerprint density at radius 1 is 1.25 bits per heavy atom. The van der Waals surface area contributed by atoms with Gasteiger partial charge in [0.1, 0.15) is 0 Å². The van der Waals surface area contributed by atoms with E-state index in [4.69, 9.17) is 5.73 Å². The summed E-state index contributed by atoms with van der Waals surface area (Å²) in [5.41, 5.74) is 10.7. The van der Waals surface area contributed by atoms with Crippen molar-refractivity contribution < 1.29 is 0 Å². The first kappa shape index (κ1) is 11.6. The molecule has 1 saturated carbocycles. The Kier molecular flexibility index (Phi) is 2.41. The number of rotatable bonds is 3. The highest BCUT2D eigenvalue weighted by Crippen LogP contribution is 2.47. The van der Waals surface area contributed by atoms with Gasteiger partial charge in [0, 0.05) is 23.5 Å². The number of benzene rings is 1. The number of nitrogens with zero attached hydrogens (tertiary/aromatic N) is 2. The SMILES string of the molecule is NCC1(c2cccc(-c3ccnc4[nH]ncc34)c2)CC1. The fraction of sp³-hybridized carbons (Fsp3) is 0.250. The first-order valence-electron chi connectivity index (χ1n) is 6.91. The van der Waals surface area contributed by atoms with Gasteiger partial charge in [-0.15, -0.1) is 0 Å². The maximum absolute atomic E-state index is 5.94. The van der Waals surface area contributed by atoms with Crippen molar-refractivity contribution in [3.8, 4) is 11.1 Å². The lowest BCUT2D eigenvalue weighted by Gasteiger charge is -2.14. The minimum atomic E-state index is 0.221. The predicted octanol–water partition coefficient (Wildman–Crippen LogP) is 2.62. The van der Waals surface area contributed by atoms with Crippen LogP contribution in [-0.2, 0) is 5.41 Å². The zero-order valence-corrected chi connectivity index (χ0v) is 11.1. The van der Waals surface area contributed by atoms with Crippen LogP contribution in [0.1, 0.15) is 18.4 Å². The number of fused-ring (bicyclic) bond motifs is 1. The summed E-state index contributed by atoms with van der Waals surface area (Å²) < 4.78 is 0. The summed E-state index contributed by atoms with van der Waals surface area (Å²) in [7, 11) is 0. The van der Waals surface area contributed by atoms with Crippen molar-refractivity contribution in [2.45, 2.75) is 18.3 Å². The van der Waals surface area contributed by atoms with Crippen molar-refractivity contribution in [3.05, 3.63) is 48.3 Å². The summed E-state index contributed by atoms with van der Waals surface area (Å²) in [5, 5.41) is 8.05. The van der Waals surface area contributed by atoms with E-state index in [0.29, 0.717) is 0 Å². The summed E-state index contributed by atoms with van der Waals surface area (Å²) in [6.45, 7) is 0.730. The van der Waals surface area contributed by atoms with Crippen LogP contribution < -0.4 is 5.73 Å². The van der Waals surface area contributed by atoms with E-state index in [1.54, 1.807) is 0 Å². The zero-order chi connectivity index (χ0) is 13.6. The highest BCUT2D eigenvalue weighted by molar-refractivity contribution is 5.92. The fourth-order valence-corrected chi connectivity index (χ4v) is 2.88. The predicted molar refractivity (Wildman–Crippen MR) is 79.3 cm³/mol. The van der Waals surface area contributed by atoms with Crippen LogP contribution in [0.5, 0.6) is 0 Å². The van der Waals surface area contributed by atoms with Crippen LogP contribution in [0.3, 0.4) is 0 Å². The molecule has 3 aromatic rings. The standard InChI is InChI=1S/C16H16N4/c17-10-16(5-6-16)12-3-1-2-11(8-12)13-4-7-18-15-14(13)9-19-20-15/h1-4,7-9H,5-6,10,17H2,(H,18,19,20). The molecule has 0 bridgehead atoms. The Bertz CT molecular complexity index is 771. The molecule has 4 heteroatoms. The number of aromatic amines is 1. The van der Waals surface area contributed by atoms with E-state index >= 15 is 0 Å². The lowest BCUT2D eigenvalue weighted by Crippen LogP contribution is -2.19. The van der Waals surface area contributed by atoms with Gasteiger partial charge in [-0.3, -0.25) is 5.10 Å². The van der Waals surface area contributed by atoms with Crippen LogP contribution in [0.2, 0.25) is 0 Å². The molecule has 0 amide bonds. The molecule has 2 aromatic heterocycles. The van der Waals surface area contributed by atoms with Crippen LogP contribution in [-0.4, -0.2) is 21.7 Å². The van der Waals surface area contributed by atoms with E-state index in [1.165, 1.54) is 29.5 Å². The second kappa shape index (κ2) is 4.15. The molecule has 1 aliphatic rings. The van der Waals surface area contributed by atoms with E-state index in [9.17, 15) is 0 Å². The normalized spacial score (nSPS) is 16.4. The number of aromatic nitrogens is 3. The molecule has 20 heavy (non-hydrogen) atoms. The van der Waals surface area contributed by atoms with Crippen molar-refractivity contribution in [1.82, 2.24) is 15.2 Å². The van der Waals surface area contributed by atoms with Crippen LogP contribution in [0.4, 0.5) is 0 Å². The van der Waals surface area contributed by atoms with Gasteiger partial charge in [-0.25, -0.2) is 4.98 Å². The molecular formula is C16H16N4. The molecule has 0 radical (unpaired) electrons. The molecule has 1 fully saturated rings. The summed E-state index contributed by atoms with van der Waals surface area (Å²) in [6.07, 6.45) is 6.05. The first-order valence-corrected chi connectivity index (χ1v) is 6.91. The second-order valence-corrected chi connectivity index (χ2v) is 5.56. The van der Waals surface area contributed by atoms with E-state index in [0.717, 1.165) is 17.6 Å². The van der Waals surface area contributed by atoms with Gasteiger partial charge in [0.25, 0.3) is 0 Å². The Labute approximate surface area is 117 Å². The second-order valence-electron chi connectivity index (χ2n) is 5.56. The molecule has 1 aliphatic carbocycles. The quantitative estimate of drug-likeness (QED) is 0.764. The van der Waals surface area contributed by atoms with Gasteiger partial charge in [0.05, 0.1) is 6.20 Å². The summed E-state index contributed by atoms with van der Waals surface area (Å²) in [5.74, 6) is 0. The molecule has 4 nitrogen and oxygen atoms in total. The Hall–Kier alpha value is -2.20. The highest BCUT2D eigenvalue weighted by Gasteiger charge is 2.42. The van der Waals surface area contributed by atoms with Gasteiger partial charge in [-0.2, -0.15) is 5.10 Å². The van der Waals surface area contributed by atoms with Crippen LogP contribution >= 0.6 is 0 Å². The van der Waals surface area contributed by atoms with E-state index < -0.39 is 0 Å². The Morgan fingerprint density at radius 3 is 2.95 bits per heavy atom. The third kappa shape index (κ3) is 1.65. The van der Waals surface area contributed by atoms with Gasteiger partial charge in [-0.1, -0.05) is 24.3 Å². The number of hydrogen-bond acceptors (Lipinski definition) is 3. The maximum atomic E-state index is 5.94. The molecular weight excluding hydrogens is 248 g/mol. The van der Waals surface area contributed by atoms with Gasteiger partial charge < -0.3 is 5.73 Å². The topological polar surface area (TPSA) is 67.6 Å². The fourth-order valence-electron chi connectivity index (χ4n) is 2.88. The number of pyridine rings is 1. The summed E-state index contributed by atoms with van der Waals surface area (Å²) in [4.78, 5) is 4.29. The molecule has 100 valence electrons. The lowest BCUT2D eigenvalue weighted by atomic mass is 9.92.